The lowest BCUT2D eigenvalue weighted by atomic mass is 9.72. The van der Waals surface area contributed by atoms with Crippen molar-refractivity contribution in [3.63, 3.8) is 0 Å². The van der Waals surface area contributed by atoms with Crippen molar-refractivity contribution in [2.75, 3.05) is 5.73 Å². The molecule has 3 aromatic carbocycles. The number of aromatic nitrogens is 1. The topological polar surface area (TPSA) is 41.8 Å². The molecule has 4 rings (SSSR count). The first-order chi connectivity index (χ1) is 21.9. The Morgan fingerprint density at radius 3 is 2.09 bits per heavy atom. The van der Waals surface area contributed by atoms with Gasteiger partial charge in [-0.2, -0.15) is 0 Å². The summed E-state index contributed by atoms with van der Waals surface area (Å²) < 4.78 is 0. The highest BCUT2D eigenvalue weighted by atomic mass is 14.7. The Bertz CT molecular complexity index is 1830. The fraction of sp³-hybridized carbons (Fsp3) is 0.467. The normalized spacial score (nSPS) is 15.8. The molecule has 3 N–H and O–H groups in total. The number of benzene rings is 3. The van der Waals surface area contributed by atoms with Crippen molar-refractivity contribution in [1.29, 1.82) is 0 Å². The van der Waals surface area contributed by atoms with Gasteiger partial charge in [-0.05, 0) is 108 Å². The maximum absolute atomic E-state index is 7.05. The highest BCUT2D eigenvalue weighted by Gasteiger charge is 2.28. The predicted molar refractivity (Wildman–Crippen MR) is 211 cm³/mol. The molecule has 0 aliphatic heterocycles. The molecule has 1 aromatic heterocycles. The van der Waals surface area contributed by atoms with Crippen molar-refractivity contribution in [3.05, 3.63) is 100 Å². The summed E-state index contributed by atoms with van der Waals surface area (Å²) in [4.78, 5) is 3.72. The van der Waals surface area contributed by atoms with Crippen LogP contribution < -0.4 is 5.73 Å². The fourth-order valence-electron chi connectivity index (χ4n) is 6.85. The van der Waals surface area contributed by atoms with Gasteiger partial charge in [0.05, 0.1) is 0 Å². The van der Waals surface area contributed by atoms with Crippen LogP contribution in [0, 0.1) is 18.3 Å². The zero-order valence-electron chi connectivity index (χ0n) is 31.8. The second kappa shape index (κ2) is 13.9. The summed E-state index contributed by atoms with van der Waals surface area (Å²) in [6, 6.07) is 18.4. The van der Waals surface area contributed by atoms with Crippen LogP contribution in [0.1, 0.15) is 137 Å². The molecule has 2 heteroatoms. The second-order valence-corrected chi connectivity index (χ2v) is 16.5. The van der Waals surface area contributed by atoms with E-state index in [0.717, 1.165) is 31.4 Å². The van der Waals surface area contributed by atoms with Crippen molar-refractivity contribution in [2.45, 2.75) is 127 Å². The van der Waals surface area contributed by atoms with Gasteiger partial charge in [0.15, 0.2) is 0 Å². The lowest BCUT2D eigenvalue weighted by Crippen LogP contribution is -2.23. The van der Waals surface area contributed by atoms with E-state index in [4.69, 9.17) is 5.73 Å². The number of nitrogen functional groups attached to an aromatic ring is 1. The van der Waals surface area contributed by atoms with Gasteiger partial charge in [-0.3, -0.25) is 0 Å². The summed E-state index contributed by atoms with van der Waals surface area (Å²) >= 11 is 0. The van der Waals surface area contributed by atoms with Crippen LogP contribution >= 0.6 is 0 Å². The van der Waals surface area contributed by atoms with Gasteiger partial charge in [-0.25, -0.2) is 0 Å². The van der Waals surface area contributed by atoms with E-state index < -0.39 is 0 Å². The van der Waals surface area contributed by atoms with Crippen LogP contribution in [-0.2, 0) is 10.8 Å². The van der Waals surface area contributed by atoms with Gasteiger partial charge in [0.1, 0.15) is 0 Å². The molecule has 0 radical (unpaired) electrons. The molecule has 0 saturated carbocycles. The van der Waals surface area contributed by atoms with Crippen molar-refractivity contribution in [2.24, 2.45) is 11.3 Å². The Kier molecular flexibility index (Phi) is 10.8. The molecule has 1 heterocycles. The fourth-order valence-corrected chi connectivity index (χ4v) is 6.85. The molecule has 47 heavy (non-hydrogen) atoms. The van der Waals surface area contributed by atoms with Crippen molar-refractivity contribution in [3.8, 4) is 0 Å². The summed E-state index contributed by atoms with van der Waals surface area (Å²) in [5.74, 6) is 0.425. The van der Waals surface area contributed by atoms with Gasteiger partial charge >= 0.3 is 0 Å². The predicted octanol–water partition coefficient (Wildman–Crippen LogP) is 13.5. The summed E-state index contributed by atoms with van der Waals surface area (Å²) in [7, 11) is 0. The smallest absolute Gasteiger partial charge is 0.0470 e. The minimum atomic E-state index is -0.00963. The molecule has 4 aromatic rings. The first kappa shape index (κ1) is 36.3. The van der Waals surface area contributed by atoms with Gasteiger partial charge in [-0.1, -0.05) is 136 Å². The molecule has 252 valence electrons. The molecule has 0 amide bonds. The molecule has 0 saturated heterocycles. The first-order valence-corrected chi connectivity index (χ1v) is 17.9. The lowest BCUT2D eigenvalue weighted by Gasteiger charge is -2.32. The van der Waals surface area contributed by atoms with Crippen LogP contribution in [0.15, 0.2) is 72.3 Å². The van der Waals surface area contributed by atoms with Gasteiger partial charge in [0.25, 0.3) is 0 Å². The first-order valence-electron chi connectivity index (χ1n) is 17.9. The van der Waals surface area contributed by atoms with Crippen LogP contribution in [0.4, 0.5) is 5.69 Å². The van der Waals surface area contributed by atoms with E-state index in [2.05, 4.69) is 162 Å². The van der Waals surface area contributed by atoms with Gasteiger partial charge in [-0.15, -0.1) is 0 Å². The van der Waals surface area contributed by atoms with Crippen LogP contribution in [0.3, 0.4) is 0 Å². The van der Waals surface area contributed by atoms with E-state index in [1.165, 1.54) is 66.3 Å². The zero-order chi connectivity index (χ0) is 34.9. The number of nitrogens with two attached hydrogens (primary N) is 1. The Balaban J connectivity index is 1.69. The van der Waals surface area contributed by atoms with Crippen LogP contribution in [0.25, 0.3) is 33.0 Å². The average molecular weight is 631 g/mol. The summed E-state index contributed by atoms with van der Waals surface area (Å²) in [5.41, 5.74) is 21.1. The summed E-state index contributed by atoms with van der Waals surface area (Å²) in [6.45, 7) is 29.7. The molecule has 0 fully saturated rings. The molecule has 2 unspecified atom stereocenters. The molecule has 2 atom stereocenters. The Hall–Kier alpha value is -3.52. The van der Waals surface area contributed by atoms with Crippen LogP contribution in [0.5, 0.6) is 0 Å². The molecule has 0 aliphatic carbocycles. The van der Waals surface area contributed by atoms with Crippen molar-refractivity contribution in [1.82, 2.24) is 4.98 Å². The van der Waals surface area contributed by atoms with E-state index in [-0.39, 0.29) is 16.2 Å². The Morgan fingerprint density at radius 2 is 1.49 bits per heavy atom. The maximum atomic E-state index is 7.05. The highest BCUT2D eigenvalue weighted by Crippen LogP contribution is 2.42. The number of hydrogen-bond donors (Lipinski definition) is 2. The molecule has 0 spiro atoms. The largest absolute Gasteiger partial charge is 0.398 e. The zero-order valence-corrected chi connectivity index (χ0v) is 31.8. The highest BCUT2D eigenvalue weighted by molar-refractivity contribution is 6.08. The van der Waals surface area contributed by atoms with E-state index in [1.807, 2.05) is 0 Å². The standard InChI is InChI=1S/C45H62N2/c1-14-25-45(13,39-23-22-38(42(46)32(39)6)35(29(3)15-2)19-16-31(5)43(7,8)9)26-24-30(4)33-17-20-36-37-21-18-34(44(10,11)12)28-41(37)47-40(36)27-33/h16-24,27-29,47H,14-15,25-26,46H2,1-13H3/b30-24+,31-16+,35-19+. The van der Waals surface area contributed by atoms with Crippen LogP contribution in [0.2, 0.25) is 0 Å². The van der Waals surface area contributed by atoms with Gasteiger partial charge < -0.3 is 10.7 Å². The Labute approximate surface area is 286 Å². The maximum Gasteiger partial charge on any atom is 0.0470 e. The number of fused-ring (bicyclic) bond motifs is 3. The third-order valence-corrected chi connectivity index (χ3v) is 10.9. The number of H-pyrrole nitrogens is 1. The molecule has 0 aliphatic rings. The number of allylic oxidation sites excluding steroid dienone is 6. The number of aromatic amines is 1. The van der Waals surface area contributed by atoms with Gasteiger partial charge in [0.2, 0.25) is 0 Å². The number of nitrogens with one attached hydrogen (secondary N) is 1. The second-order valence-electron chi connectivity index (χ2n) is 16.5. The molecular formula is C45H62N2. The quantitative estimate of drug-likeness (QED) is 0.133. The molecular weight excluding hydrogens is 569 g/mol. The van der Waals surface area contributed by atoms with E-state index in [1.54, 1.807) is 0 Å². The van der Waals surface area contributed by atoms with Crippen molar-refractivity contribution < 1.29 is 0 Å². The third kappa shape index (κ3) is 7.80. The number of hydrogen-bond acceptors (Lipinski definition) is 1. The minimum absolute atomic E-state index is 0.00963. The number of anilines is 1. The SMILES string of the molecule is CCCC(C)(C/C=C(\C)c1ccc2c(c1)[nH]c1cc(C(C)(C)C)ccc12)c1ccc(/C(=C/C=C(\C)C(C)(C)C)C(C)CC)c(N)c1C. The van der Waals surface area contributed by atoms with E-state index in [0.29, 0.717) is 5.92 Å². The minimum Gasteiger partial charge on any atom is -0.398 e. The third-order valence-electron chi connectivity index (χ3n) is 10.9. The molecule has 0 bridgehead atoms. The molecule has 2 nitrogen and oxygen atoms in total. The summed E-state index contributed by atoms with van der Waals surface area (Å²) in [5, 5.41) is 2.58. The van der Waals surface area contributed by atoms with Crippen LogP contribution in [-0.4, -0.2) is 4.98 Å². The monoisotopic (exact) mass is 630 g/mol. The van der Waals surface area contributed by atoms with E-state index >= 15 is 0 Å². The lowest BCUT2D eigenvalue weighted by molar-refractivity contribution is 0.431. The summed E-state index contributed by atoms with van der Waals surface area (Å²) in [6.07, 6.45) is 11.3. The van der Waals surface area contributed by atoms with Crippen molar-refractivity contribution >= 4 is 38.6 Å². The van der Waals surface area contributed by atoms with E-state index in [9.17, 15) is 0 Å². The number of rotatable bonds is 10. The average Bonchev–Trinajstić information content (AvgIpc) is 3.38. The Morgan fingerprint density at radius 1 is 0.851 bits per heavy atom. The van der Waals surface area contributed by atoms with Gasteiger partial charge in [0, 0.05) is 33.1 Å².